The zero-order valence-corrected chi connectivity index (χ0v) is 11.9. The molecule has 0 saturated heterocycles. The van der Waals surface area contributed by atoms with Gasteiger partial charge in [-0.15, -0.1) is 0 Å². The summed E-state index contributed by atoms with van der Waals surface area (Å²) < 4.78 is 18.8. The molecule has 0 heterocycles. The zero-order chi connectivity index (χ0) is 14.4. The van der Waals surface area contributed by atoms with E-state index in [4.69, 9.17) is 4.74 Å². The molecule has 0 unspecified atom stereocenters. The number of nitrogens with one attached hydrogen (secondary N) is 1. The number of hydrogen-bond acceptors (Lipinski definition) is 2. The summed E-state index contributed by atoms with van der Waals surface area (Å²) in [5, 5.41) is 3.36. The summed E-state index contributed by atoms with van der Waals surface area (Å²) in [5.41, 5.74) is 2.27. The number of hydrogen-bond donors (Lipinski definition) is 1. The highest BCUT2D eigenvalue weighted by atomic mass is 19.1. The fourth-order valence-electron chi connectivity index (χ4n) is 2.00. The maximum atomic E-state index is 13.1. The van der Waals surface area contributed by atoms with E-state index in [0.29, 0.717) is 5.75 Å². The van der Waals surface area contributed by atoms with Gasteiger partial charge in [-0.25, -0.2) is 4.39 Å². The van der Waals surface area contributed by atoms with Gasteiger partial charge in [-0.1, -0.05) is 25.1 Å². The van der Waals surface area contributed by atoms with Crippen molar-refractivity contribution in [3.63, 3.8) is 0 Å². The quantitative estimate of drug-likeness (QED) is 0.786. The van der Waals surface area contributed by atoms with Crippen LogP contribution >= 0.6 is 0 Å². The van der Waals surface area contributed by atoms with Crippen molar-refractivity contribution in [1.82, 2.24) is 5.32 Å². The second-order valence-corrected chi connectivity index (χ2v) is 4.84. The Hall–Kier alpha value is -1.87. The van der Waals surface area contributed by atoms with Crippen LogP contribution in [0.1, 0.15) is 24.5 Å². The molecule has 0 atom stereocenters. The Labute approximate surface area is 119 Å². The lowest BCUT2D eigenvalue weighted by Crippen LogP contribution is -2.13. The van der Waals surface area contributed by atoms with Crippen molar-refractivity contribution in [2.45, 2.75) is 26.8 Å². The van der Waals surface area contributed by atoms with Gasteiger partial charge in [0.1, 0.15) is 17.3 Å². The first kappa shape index (κ1) is 14.5. The van der Waals surface area contributed by atoms with E-state index in [1.807, 2.05) is 19.1 Å². The van der Waals surface area contributed by atoms with Gasteiger partial charge in [0.05, 0.1) is 0 Å². The summed E-state index contributed by atoms with van der Waals surface area (Å²) in [7, 11) is 0. The average molecular weight is 273 g/mol. The molecule has 0 radical (unpaired) electrons. The van der Waals surface area contributed by atoms with Crippen molar-refractivity contribution < 1.29 is 9.13 Å². The minimum absolute atomic E-state index is 0.291. The summed E-state index contributed by atoms with van der Waals surface area (Å²) in [5.74, 6) is 0.986. The van der Waals surface area contributed by atoms with Gasteiger partial charge in [-0.3, -0.25) is 0 Å². The highest BCUT2D eigenvalue weighted by Crippen LogP contribution is 2.26. The van der Waals surface area contributed by atoms with Gasteiger partial charge in [0.15, 0.2) is 0 Å². The van der Waals surface area contributed by atoms with Crippen LogP contribution in [0.2, 0.25) is 0 Å². The Kier molecular flexibility index (Phi) is 5.13. The molecule has 3 heteroatoms. The van der Waals surface area contributed by atoms with Gasteiger partial charge < -0.3 is 10.1 Å². The van der Waals surface area contributed by atoms with Crippen LogP contribution in [0.25, 0.3) is 0 Å². The van der Waals surface area contributed by atoms with Crippen LogP contribution in [0.5, 0.6) is 11.5 Å². The van der Waals surface area contributed by atoms with E-state index >= 15 is 0 Å². The smallest absolute Gasteiger partial charge is 0.130 e. The highest BCUT2D eigenvalue weighted by Gasteiger charge is 2.04. The van der Waals surface area contributed by atoms with Crippen LogP contribution < -0.4 is 10.1 Å². The molecule has 0 spiro atoms. The van der Waals surface area contributed by atoms with Gasteiger partial charge >= 0.3 is 0 Å². The molecule has 2 nitrogen and oxygen atoms in total. The van der Waals surface area contributed by atoms with Gasteiger partial charge in [0.25, 0.3) is 0 Å². The SMILES string of the molecule is CCCNCc1ccc(Oc2cccc(F)c2)c(C)c1. The van der Waals surface area contributed by atoms with Crippen molar-refractivity contribution in [2.24, 2.45) is 0 Å². The third kappa shape index (κ3) is 4.07. The monoisotopic (exact) mass is 273 g/mol. The van der Waals surface area contributed by atoms with Crippen LogP contribution in [0, 0.1) is 12.7 Å². The second kappa shape index (κ2) is 7.06. The summed E-state index contributed by atoms with van der Waals surface area (Å²) in [6.45, 7) is 6.02. The fraction of sp³-hybridized carbons (Fsp3) is 0.294. The first-order chi connectivity index (χ1) is 9.69. The van der Waals surface area contributed by atoms with Crippen molar-refractivity contribution in [1.29, 1.82) is 0 Å². The van der Waals surface area contributed by atoms with Crippen LogP contribution in [0.3, 0.4) is 0 Å². The van der Waals surface area contributed by atoms with Crippen molar-refractivity contribution in [3.8, 4) is 11.5 Å². The highest BCUT2D eigenvalue weighted by molar-refractivity contribution is 5.39. The van der Waals surface area contributed by atoms with E-state index in [0.717, 1.165) is 30.8 Å². The topological polar surface area (TPSA) is 21.3 Å². The third-order valence-corrected chi connectivity index (χ3v) is 3.02. The van der Waals surface area contributed by atoms with Crippen molar-refractivity contribution in [2.75, 3.05) is 6.54 Å². The van der Waals surface area contributed by atoms with E-state index in [1.165, 1.54) is 17.7 Å². The first-order valence-corrected chi connectivity index (χ1v) is 6.92. The zero-order valence-electron chi connectivity index (χ0n) is 11.9. The number of rotatable bonds is 6. The molecule has 20 heavy (non-hydrogen) atoms. The van der Waals surface area contributed by atoms with Gasteiger partial charge in [0.2, 0.25) is 0 Å². The lowest BCUT2D eigenvalue weighted by molar-refractivity contribution is 0.473. The molecule has 2 aromatic carbocycles. The molecule has 0 fully saturated rings. The lowest BCUT2D eigenvalue weighted by Gasteiger charge is -2.11. The lowest BCUT2D eigenvalue weighted by atomic mass is 10.1. The molecule has 0 aliphatic carbocycles. The maximum absolute atomic E-state index is 13.1. The molecule has 0 aromatic heterocycles. The van der Waals surface area contributed by atoms with Crippen LogP contribution in [0.4, 0.5) is 4.39 Å². The molecule has 2 rings (SSSR count). The van der Waals surface area contributed by atoms with Crippen molar-refractivity contribution in [3.05, 3.63) is 59.4 Å². The number of halogens is 1. The normalized spacial score (nSPS) is 10.6. The van der Waals surface area contributed by atoms with E-state index in [-0.39, 0.29) is 5.82 Å². The molecule has 1 N–H and O–H groups in total. The maximum Gasteiger partial charge on any atom is 0.130 e. The Morgan fingerprint density at radius 1 is 1.15 bits per heavy atom. The van der Waals surface area contributed by atoms with Gasteiger partial charge in [-0.2, -0.15) is 0 Å². The Balaban J connectivity index is 2.06. The minimum atomic E-state index is -0.291. The number of benzene rings is 2. The molecule has 0 aliphatic heterocycles. The molecule has 0 saturated carbocycles. The number of ether oxygens (including phenoxy) is 1. The standard InChI is InChI=1S/C17H20FNO/c1-3-9-19-12-14-7-8-17(13(2)10-14)20-16-6-4-5-15(18)11-16/h4-8,10-11,19H,3,9,12H2,1-2H3. The van der Waals surface area contributed by atoms with E-state index in [9.17, 15) is 4.39 Å². The van der Waals surface area contributed by atoms with Gasteiger partial charge in [-0.05, 0) is 49.2 Å². The summed E-state index contributed by atoms with van der Waals surface area (Å²) in [4.78, 5) is 0. The molecule has 106 valence electrons. The minimum Gasteiger partial charge on any atom is -0.457 e. The molecular formula is C17H20FNO. The second-order valence-electron chi connectivity index (χ2n) is 4.84. The Morgan fingerprint density at radius 2 is 2.00 bits per heavy atom. The summed E-state index contributed by atoms with van der Waals surface area (Å²) in [6, 6.07) is 12.2. The molecular weight excluding hydrogens is 253 g/mol. The Morgan fingerprint density at radius 3 is 2.70 bits per heavy atom. The largest absolute Gasteiger partial charge is 0.457 e. The van der Waals surface area contributed by atoms with E-state index in [1.54, 1.807) is 12.1 Å². The van der Waals surface area contributed by atoms with E-state index < -0.39 is 0 Å². The molecule has 2 aromatic rings. The fourth-order valence-corrected chi connectivity index (χ4v) is 2.00. The predicted molar refractivity (Wildman–Crippen MR) is 79.7 cm³/mol. The predicted octanol–water partition coefficient (Wildman–Crippen LogP) is 4.43. The van der Waals surface area contributed by atoms with E-state index in [2.05, 4.69) is 18.3 Å². The molecule has 0 aliphatic rings. The van der Waals surface area contributed by atoms with Gasteiger partial charge in [0, 0.05) is 12.6 Å². The molecule has 0 amide bonds. The summed E-state index contributed by atoms with van der Waals surface area (Å²) in [6.07, 6.45) is 1.12. The van der Waals surface area contributed by atoms with Crippen LogP contribution in [-0.2, 0) is 6.54 Å². The Bertz CT molecular complexity index is 569. The first-order valence-electron chi connectivity index (χ1n) is 6.92. The number of aryl methyl sites for hydroxylation is 1. The third-order valence-electron chi connectivity index (χ3n) is 3.02. The van der Waals surface area contributed by atoms with Crippen LogP contribution in [0.15, 0.2) is 42.5 Å². The van der Waals surface area contributed by atoms with Crippen molar-refractivity contribution >= 4 is 0 Å². The molecule has 0 bridgehead atoms. The average Bonchev–Trinajstić information content (AvgIpc) is 2.42. The van der Waals surface area contributed by atoms with Crippen LogP contribution in [-0.4, -0.2) is 6.54 Å². The summed E-state index contributed by atoms with van der Waals surface area (Å²) >= 11 is 0.